The lowest BCUT2D eigenvalue weighted by molar-refractivity contribution is 0.365. The Balaban J connectivity index is 2.60. The molecule has 0 spiro atoms. The monoisotopic (exact) mass is 220 g/mol. The molecule has 0 fully saturated rings. The molecule has 0 aliphatic carbocycles. The third-order valence-corrected chi connectivity index (χ3v) is 2.81. The van der Waals surface area contributed by atoms with Crippen LogP contribution in [0.25, 0.3) is 0 Å². The van der Waals surface area contributed by atoms with Crippen LogP contribution in [0.4, 0.5) is 5.69 Å². The summed E-state index contributed by atoms with van der Waals surface area (Å²) in [6.45, 7) is 10.5. The normalized spacial score (nSPS) is 11.6. The van der Waals surface area contributed by atoms with Gasteiger partial charge in [0.15, 0.2) is 0 Å². The maximum atomic E-state index is 5.60. The van der Waals surface area contributed by atoms with E-state index in [1.165, 1.54) is 16.8 Å². The van der Waals surface area contributed by atoms with Crippen LogP contribution in [0.3, 0.4) is 0 Å². The average molecular weight is 220 g/mol. The van der Waals surface area contributed by atoms with Crippen molar-refractivity contribution in [2.75, 3.05) is 18.4 Å². The van der Waals surface area contributed by atoms with E-state index in [0.29, 0.717) is 0 Å². The summed E-state index contributed by atoms with van der Waals surface area (Å²) in [5.41, 5.74) is 9.68. The molecule has 90 valence electrons. The molecular formula is C14H24N2. The summed E-state index contributed by atoms with van der Waals surface area (Å²) in [5, 5.41) is 3.50. The number of hydrogen-bond donors (Lipinski definition) is 2. The van der Waals surface area contributed by atoms with Crippen LogP contribution in [0.2, 0.25) is 0 Å². The van der Waals surface area contributed by atoms with E-state index in [1.54, 1.807) is 0 Å². The van der Waals surface area contributed by atoms with Crippen LogP contribution >= 0.6 is 0 Å². The van der Waals surface area contributed by atoms with E-state index in [-0.39, 0.29) is 5.41 Å². The highest BCUT2D eigenvalue weighted by atomic mass is 14.9. The minimum atomic E-state index is 0.256. The molecule has 1 rings (SSSR count). The molecule has 0 aromatic heterocycles. The van der Waals surface area contributed by atoms with Gasteiger partial charge in [-0.25, -0.2) is 0 Å². The first-order valence-electron chi connectivity index (χ1n) is 5.95. The Kier molecular flexibility index (Phi) is 4.36. The molecule has 0 bridgehead atoms. The highest BCUT2D eigenvalue weighted by Gasteiger charge is 2.16. The second-order valence-corrected chi connectivity index (χ2v) is 5.43. The first-order chi connectivity index (χ1) is 7.43. The summed E-state index contributed by atoms with van der Waals surface area (Å²) >= 11 is 0. The molecular weight excluding hydrogens is 196 g/mol. The zero-order valence-electron chi connectivity index (χ0n) is 10.9. The smallest absolute Gasteiger partial charge is 0.0345 e. The molecule has 0 amide bonds. The second-order valence-electron chi connectivity index (χ2n) is 5.43. The minimum absolute atomic E-state index is 0.256. The van der Waals surface area contributed by atoms with E-state index in [2.05, 4.69) is 51.2 Å². The summed E-state index contributed by atoms with van der Waals surface area (Å²) in [6.07, 6.45) is 1.05. The molecule has 0 saturated carbocycles. The molecule has 0 saturated heterocycles. The molecule has 0 heterocycles. The first-order valence-corrected chi connectivity index (χ1v) is 5.95. The van der Waals surface area contributed by atoms with Gasteiger partial charge in [-0.15, -0.1) is 0 Å². The Labute approximate surface area is 99.2 Å². The van der Waals surface area contributed by atoms with Crippen molar-refractivity contribution in [2.24, 2.45) is 11.1 Å². The van der Waals surface area contributed by atoms with Crippen molar-refractivity contribution >= 4 is 5.69 Å². The lowest BCUT2D eigenvalue weighted by atomic mass is 9.89. The van der Waals surface area contributed by atoms with Crippen molar-refractivity contribution in [3.63, 3.8) is 0 Å². The van der Waals surface area contributed by atoms with Crippen molar-refractivity contribution in [1.29, 1.82) is 0 Å². The van der Waals surface area contributed by atoms with E-state index in [0.717, 1.165) is 19.5 Å². The highest BCUT2D eigenvalue weighted by Crippen LogP contribution is 2.21. The Hall–Kier alpha value is -1.02. The highest BCUT2D eigenvalue weighted by molar-refractivity contribution is 5.48. The summed E-state index contributed by atoms with van der Waals surface area (Å²) in [5.74, 6) is 0. The molecule has 2 heteroatoms. The predicted molar refractivity (Wildman–Crippen MR) is 71.9 cm³/mol. The Morgan fingerprint density at radius 1 is 1.12 bits per heavy atom. The fraction of sp³-hybridized carbons (Fsp3) is 0.571. The number of benzene rings is 1. The molecule has 2 nitrogen and oxygen atoms in total. The number of hydrogen-bond acceptors (Lipinski definition) is 2. The lowest BCUT2D eigenvalue weighted by Gasteiger charge is -2.25. The van der Waals surface area contributed by atoms with Gasteiger partial charge in [0, 0.05) is 12.2 Å². The molecule has 1 aromatic carbocycles. The van der Waals surface area contributed by atoms with Gasteiger partial charge in [-0.3, -0.25) is 0 Å². The molecule has 0 aliphatic rings. The number of nitrogens with one attached hydrogen (secondary N) is 1. The lowest BCUT2D eigenvalue weighted by Crippen LogP contribution is -2.26. The van der Waals surface area contributed by atoms with Crippen molar-refractivity contribution in [3.8, 4) is 0 Å². The number of nitrogens with two attached hydrogens (primary N) is 1. The number of rotatable bonds is 5. The Bertz CT molecular complexity index is 322. The van der Waals surface area contributed by atoms with Crippen LogP contribution in [0, 0.1) is 19.3 Å². The van der Waals surface area contributed by atoms with Crippen molar-refractivity contribution in [2.45, 2.75) is 34.1 Å². The zero-order valence-corrected chi connectivity index (χ0v) is 10.9. The zero-order chi connectivity index (χ0) is 12.2. The third kappa shape index (κ3) is 4.23. The predicted octanol–water partition coefficient (Wildman–Crippen LogP) is 3.09. The fourth-order valence-corrected chi connectivity index (χ4v) is 1.90. The summed E-state index contributed by atoms with van der Waals surface area (Å²) in [4.78, 5) is 0. The molecule has 0 atom stereocenters. The Morgan fingerprint density at radius 2 is 1.69 bits per heavy atom. The summed E-state index contributed by atoms with van der Waals surface area (Å²) in [7, 11) is 0. The van der Waals surface area contributed by atoms with Gasteiger partial charge in [-0.2, -0.15) is 0 Å². The van der Waals surface area contributed by atoms with Crippen LogP contribution in [0.5, 0.6) is 0 Å². The van der Waals surface area contributed by atoms with Crippen molar-refractivity contribution in [1.82, 2.24) is 0 Å². The van der Waals surface area contributed by atoms with E-state index >= 15 is 0 Å². The summed E-state index contributed by atoms with van der Waals surface area (Å²) < 4.78 is 0. The summed E-state index contributed by atoms with van der Waals surface area (Å²) in [6, 6.07) is 6.56. The standard InChI is InChI=1S/C14H24N2/c1-11-7-12(2)9-13(8-11)16-10-14(3,4)5-6-15/h7-9,16H,5-6,10,15H2,1-4H3. The van der Waals surface area contributed by atoms with Gasteiger partial charge in [0.2, 0.25) is 0 Å². The van der Waals surface area contributed by atoms with Gasteiger partial charge in [0.25, 0.3) is 0 Å². The van der Waals surface area contributed by atoms with Crippen LogP contribution in [-0.2, 0) is 0 Å². The molecule has 3 N–H and O–H groups in total. The molecule has 0 radical (unpaired) electrons. The van der Waals surface area contributed by atoms with E-state index in [9.17, 15) is 0 Å². The number of anilines is 1. The SMILES string of the molecule is Cc1cc(C)cc(NCC(C)(C)CCN)c1. The average Bonchev–Trinajstić information content (AvgIpc) is 2.13. The van der Waals surface area contributed by atoms with Gasteiger partial charge in [-0.1, -0.05) is 19.9 Å². The maximum absolute atomic E-state index is 5.60. The van der Waals surface area contributed by atoms with Crippen LogP contribution in [-0.4, -0.2) is 13.1 Å². The van der Waals surface area contributed by atoms with E-state index in [4.69, 9.17) is 5.73 Å². The van der Waals surface area contributed by atoms with E-state index < -0.39 is 0 Å². The first kappa shape index (κ1) is 13.0. The third-order valence-electron chi connectivity index (χ3n) is 2.81. The van der Waals surface area contributed by atoms with Crippen molar-refractivity contribution in [3.05, 3.63) is 29.3 Å². The van der Waals surface area contributed by atoms with Gasteiger partial charge < -0.3 is 11.1 Å². The topological polar surface area (TPSA) is 38.0 Å². The van der Waals surface area contributed by atoms with Gasteiger partial charge >= 0.3 is 0 Å². The largest absolute Gasteiger partial charge is 0.384 e. The van der Waals surface area contributed by atoms with Gasteiger partial charge in [0.1, 0.15) is 0 Å². The van der Waals surface area contributed by atoms with Gasteiger partial charge in [-0.05, 0) is 55.5 Å². The minimum Gasteiger partial charge on any atom is -0.384 e. The Morgan fingerprint density at radius 3 is 2.19 bits per heavy atom. The van der Waals surface area contributed by atoms with Crippen molar-refractivity contribution < 1.29 is 0 Å². The fourth-order valence-electron chi connectivity index (χ4n) is 1.90. The molecule has 16 heavy (non-hydrogen) atoms. The van der Waals surface area contributed by atoms with Crippen LogP contribution < -0.4 is 11.1 Å². The molecule has 1 aromatic rings. The van der Waals surface area contributed by atoms with Gasteiger partial charge in [0.05, 0.1) is 0 Å². The maximum Gasteiger partial charge on any atom is 0.0345 e. The quantitative estimate of drug-likeness (QED) is 0.800. The second kappa shape index (κ2) is 5.35. The van der Waals surface area contributed by atoms with Crippen LogP contribution in [0.15, 0.2) is 18.2 Å². The molecule has 0 unspecified atom stereocenters. The van der Waals surface area contributed by atoms with E-state index in [1.807, 2.05) is 0 Å². The van der Waals surface area contributed by atoms with Crippen LogP contribution in [0.1, 0.15) is 31.4 Å². The number of aryl methyl sites for hydroxylation is 2. The molecule has 0 aliphatic heterocycles.